The van der Waals surface area contributed by atoms with Crippen molar-refractivity contribution < 1.29 is 13.6 Å². The number of aromatic nitrogens is 2. The number of oxazole rings is 1. The molecule has 5 nitrogen and oxygen atoms in total. The molecular formula is C24H16FN3O2S. The van der Waals surface area contributed by atoms with Gasteiger partial charge in [-0.1, -0.05) is 6.07 Å². The minimum absolute atomic E-state index is 0.0649. The van der Waals surface area contributed by atoms with E-state index >= 15 is 0 Å². The second-order valence-electron chi connectivity index (χ2n) is 7.06. The van der Waals surface area contributed by atoms with E-state index in [2.05, 4.69) is 34.3 Å². The molecule has 5 aromatic rings. The van der Waals surface area contributed by atoms with E-state index in [4.69, 9.17) is 4.42 Å². The quantitative estimate of drug-likeness (QED) is 0.363. The van der Waals surface area contributed by atoms with Crippen LogP contribution in [-0.4, -0.2) is 15.9 Å². The molecule has 5 rings (SSSR count). The predicted molar refractivity (Wildman–Crippen MR) is 120 cm³/mol. The van der Waals surface area contributed by atoms with Crippen molar-refractivity contribution in [3.8, 4) is 21.9 Å². The number of aryl methyl sites for hydroxylation is 1. The lowest BCUT2D eigenvalue weighted by atomic mass is 10.2. The summed E-state index contributed by atoms with van der Waals surface area (Å²) in [4.78, 5) is 21.2. The average Bonchev–Trinajstić information content (AvgIpc) is 3.42. The molecule has 0 aliphatic heterocycles. The summed E-state index contributed by atoms with van der Waals surface area (Å²) < 4.78 is 19.7. The molecule has 0 fully saturated rings. The minimum atomic E-state index is -0.462. The topological polar surface area (TPSA) is 68.0 Å². The maximum Gasteiger partial charge on any atom is 0.311 e. The van der Waals surface area contributed by atoms with Crippen LogP contribution in [-0.2, 0) is 0 Å². The molecule has 7 heteroatoms. The highest BCUT2D eigenvalue weighted by Gasteiger charge is 2.15. The predicted octanol–water partition coefficient (Wildman–Crippen LogP) is 6.32. The fourth-order valence-corrected chi connectivity index (χ4v) is 4.23. The Labute approximate surface area is 181 Å². The van der Waals surface area contributed by atoms with Gasteiger partial charge in [-0.15, -0.1) is 11.3 Å². The first kappa shape index (κ1) is 19.1. The third kappa shape index (κ3) is 3.95. The van der Waals surface area contributed by atoms with Crippen molar-refractivity contribution in [2.24, 2.45) is 0 Å². The van der Waals surface area contributed by atoms with Crippen molar-refractivity contribution in [2.75, 3.05) is 5.32 Å². The molecule has 0 aliphatic carbocycles. The van der Waals surface area contributed by atoms with Gasteiger partial charge in [-0.05, 0) is 73.2 Å². The monoisotopic (exact) mass is 429 g/mol. The van der Waals surface area contributed by atoms with Crippen molar-refractivity contribution in [2.45, 2.75) is 6.92 Å². The fraction of sp³-hybridized carbons (Fsp3) is 0.0417. The van der Waals surface area contributed by atoms with E-state index in [1.807, 2.05) is 30.3 Å². The van der Waals surface area contributed by atoms with E-state index in [1.54, 1.807) is 23.5 Å². The molecule has 3 aromatic carbocycles. The van der Waals surface area contributed by atoms with Gasteiger partial charge in [0, 0.05) is 16.8 Å². The Morgan fingerprint density at radius 1 is 1.00 bits per heavy atom. The minimum Gasteiger partial charge on any atom is -0.432 e. The highest BCUT2D eigenvalue weighted by molar-refractivity contribution is 7.21. The number of benzene rings is 3. The number of nitrogens with one attached hydrogen (secondary N) is 1. The third-order valence-corrected chi connectivity index (χ3v) is 5.83. The van der Waals surface area contributed by atoms with Crippen molar-refractivity contribution in [1.82, 2.24) is 9.97 Å². The third-order valence-electron chi connectivity index (χ3n) is 4.76. The normalized spacial score (nSPS) is 11.0. The summed E-state index contributed by atoms with van der Waals surface area (Å²) in [6, 6.07) is 19.4. The molecule has 2 aromatic heterocycles. The van der Waals surface area contributed by atoms with Gasteiger partial charge in [0.25, 0.3) is 5.89 Å². The van der Waals surface area contributed by atoms with Gasteiger partial charge < -0.3 is 9.73 Å². The second kappa shape index (κ2) is 7.77. The van der Waals surface area contributed by atoms with Crippen LogP contribution in [0.15, 0.2) is 77.3 Å². The van der Waals surface area contributed by atoms with Crippen LogP contribution < -0.4 is 5.32 Å². The first-order valence-corrected chi connectivity index (χ1v) is 10.4. The van der Waals surface area contributed by atoms with Gasteiger partial charge >= 0.3 is 5.91 Å². The Kier molecular flexibility index (Phi) is 4.80. The lowest BCUT2D eigenvalue weighted by molar-refractivity contribution is 0.0991. The Bertz CT molecular complexity index is 1390. The SMILES string of the molecule is Cc1ccc2nc(-c3ccc(NC(=O)c4ncc(-c5ccc(F)cc5)o4)cc3)sc2c1. The van der Waals surface area contributed by atoms with Crippen molar-refractivity contribution >= 4 is 33.1 Å². The molecule has 1 amide bonds. The lowest BCUT2D eigenvalue weighted by Crippen LogP contribution is -2.11. The molecule has 0 unspecified atom stereocenters. The zero-order valence-corrected chi connectivity index (χ0v) is 17.2. The number of amides is 1. The molecule has 0 saturated heterocycles. The first-order valence-electron chi connectivity index (χ1n) is 9.56. The summed E-state index contributed by atoms with van der Waals surface area (Å²) in [7, 11) is 0. The van der Waals surface area contributed by atoms with E-state index in [0.29, 0.717) is 17.0 Å². The molecule has 31 heavy (non-hydrogen) atoms. The molecule has 0 aliphatic rings. The summed E-state index contributed by atoms with van der Waals surface area (Å²) in [5, 5.41) is 3.70. The van der Waals surface area contributed by atoms with Crippen LogP contribution in [0.5, 0.6) is 0 Å². The number of thiazole rings is 1. The van der Waals surface area contributed by atoms with Crippen LogP contribution in [0, 0.1) is 12.7 Å². The van der Waals surface area contributed by atoms with Gasteiger partial charge in [-0.2, -0.15) is 0 Å². The number of halogens is 1. The zero-order valence-electron chi connectivity index (χ0n) is 16.4. The Morgan fingerprint density at radius 3 is 2.52 bits per heavy atom. The molecule has 0 radical (unpaired) electrons. The van der Waals surface area contributed by atoms with Crippen LogP contribution in [0.25, 0.3) is 32.1 Å². The van der Waals surface area contributed by atoms with Crippen molar-refractivity contribution in [3.05, 3.63) is 90.2 Å². The number of nitrogens with zero attached hydrogens (tertiary/aromatic N) is 2. The molecule has 2 heterocycles. The number of fused-ring (bicyclic) bond motifs is 1. The highest BCUT2D eigenvalue weighted by atomic mass is 32.1. The Hall–Kier alpha value is -3.84. The van der Waals surface area contributed by atoms with Gasteiger partial charge in [0.15, 0.2) is 5.76 Å². The number of hydrogen-bond donors (Lipinski definition) is 1. The summed E-state index contributed by atoms with van der Waals surface area (Å²) in [6.45, 7) is 2.06. The van der Waals surface area contributed by atoms with Crippen LogP contribution in [0.1, 0.15) is 16.2 Å². The van der Waals surface area contributed by atoms with Crippen LogP contribution in [0.2, 0.25) is 0 Å². The summed E-state index contributed by atoms with van der Waals surface area (Å²) >= 11 is 1.64. The van der Waals surface area contributed by atoms with Gasteiger partial charge in [0.2, 0.25) is 0 Å². The summed E-state index contributed by atoms with van der Waals surface area (Å²) in [5.74, 6) is -0.473. The fourth-order valence-electron chi connectivity index (χ4n) is 3.16. The van der Waals surface area contributed by atoms with Crippen LogP contribution in [0.3, 0.4) is 0 Å². The zero-order chi connectivity index (χ0) is 21.4. The Morgan fingerprint density at radius 2 is 1.74 bits per heavy atom. The second-order valence-corrected chi connectivity index (χ2v) is 8.09. The van der Waals surface area contributed by atoms with E-state index in [9.17, 15) is 9.18 Å². The summed E-state index contributed by atoms with van der Waals surface area (Å²) in [6.07, 6.45) is 1.44. The van der Waals surface area contributed by atoms with Gasteiger partial charge in [0.1, 0.15) is 10.8 Å². The van der Waals surface area contributed by atoms with E-state index in [0.717, 1.165) is 20.8 Å². The molecule has 152 valence electrons. The van der Waals surface area contributed by atoms with Crippen molar-refractivity contribution in [3.63, 3.8) is 0 Å². The van der Waals surface area contributed by atoms with Crippen LogP contribution in [0.4, 0.5) is 10.1 Å². The van der Waals surface area contributed by atoms with Crippen LogP contribution >= 0.6 is 11.3 Å². The standard InChI is InChI=1S/C24H16FN3O2S/c1-14-2-11-19-21(12-14)31-24(28-19)16-5-9-18(10-6-16)27-22(29)23-26-13-20(30-23)15-3-7-17(25)8-4-15/h2-13H,1H3,(H,27,29). The van der Waals surface area contributed by atoms with E-state index < -0.39 is 5.91 Å². The Balaban J connectivity index is 1.31. The molecule has 0 bridgehead atoms. The number of carbonyl (C=O) groups excluding carboxylic acids is 1. The summed E-state index contributed by atoms with van der Waals surface area (Å²) in [5.41, 5.74) is 4.42. The number of carbonyl (C=O) groups is 1. The number of hydrogen-bond acceptors (Lipinski definition) is 5. The van der Waals surface area contributed by atoms with Gasteiger partial charge in [-0.3, -0.25) is 4.79 Å². The van der Waals surface area contributed by atoms with Gasteiger partial charge in [0.05, 0.1) is 16.4 Å². The van der Waals surface area contributed by atoms with E-state index in [1.165, 1.54) is 23.9 Å². The molecule has 0 atom stereocenters. The molecule has 0 spiro atoms. The maximum absolute atomic E-state index is 13.1. The largest absolute Gasteiger partial charge is 0.432 e. The smallest absolute Gasteiger partial charge is 0.311 e. The molecule has 1 N–H and O–H groups in total. The molecular weight excluding hydrogens is 413 g/mol. The highest BCUT2D eigenvalue weighted by Crippen LogP contribution is 2.31. The van der Waals surface area contributed by atoms with Crippen molar-refractivity contribution in [1.29, 1.82) is 0 Å². The lowest BCUT2D eigenvalue weighted by Gasteiger charge is -2.03. The molecule has 0 saturated carbocycles. The maximum atomic E-state index is 13.1. The van der Waals surface area contributed by atoms with E-state index in [-0.39, 0.29) is 11.7 Å². The number of anilines is 1. The average molecular weight is 429 g/mol. The number of rotatable bonds is 4. The van der Waals surface area contributed by atoms with Gasteiger partial charge in [-0.25, -0.2) is 14.4 Å². The first-order chi connectivity index (χ1) is 15.0.